The largest absolute Gasteiger partial charge is 0.483 e. The molecule has 1 amide bonds. The van der Waals surface area contributed by atoms with E-state index < -0.39 is 35.5 Å². The standard InChI is InChI=1S/C14H19F3N2O2/c1-4-13(2,3)19-12(20)8-21-11-6-5-9(18)7-10(11)14(15,16)17/h5-7H,4,8,18H2,1-3H3,(H,19,20). The van der Waals surface area contributed by atoms with E-state index >= 15 is 0 Å². The number of anilines is 1. The maximum atomic E-state index is 12.8. The van der Waals surface area contributed by atoms with Gasteiger partial charge in [0.2, 0.25) is 0 Å². The highest BCUT2D eigenvalue weighted by atomic mass is 19.4. The molecule has 21 heavy (non-hydrogen) atoms. The first-order chi connectivity index (χ1) is 9.55. The molecule has 118 valence electrons. The van der Waals surface area contributed by atoms with E-state index in [1.165, 1.54) is 6.07 Å². The van der Waals surface area contributed by atoms with E-state index in [-0.39, 0.29) is 5.69 Å². The zero-order valence-corrected chi connectivity index (χ0v) is 12.2. The predicted octanol–water partition coefficient (Wildman–Crippen LogP) is 2.97. The van der Waals surface area contributed by atoms with Crippen molar-refractivity contribution in [3.05, 3.63) is 23.8 Å². The normalized spacial score (nSPS) is 12.1. The number of carbonyl (C=O) groups excluding carboxylic acids is 1. The van der Waals surface area contributed by atoms with E-state index in [0.29, 0.717) is 6.42 Å². The predicted molar refractivity (Wildman–Crippen MR) is 73.9 cm³/mol. The summed E-state index contributed by atoms with van der Waals surface area (Å²) in [5.41, 5.74) is 3.89. The first kappa shape index (κ1) is 17.1. The molecule has 0 aromatic heterocycles. The van der Waals surface area contributed by atoms with E-state index in [9.17, 15) is 18.0 Å². The molecular weight excluding hydrogens is 285 g/mol. The summed E-state index contributed by atoms with van der Waals surface area (Å²) in [6.45, 7) is 5.03. The Morgan fingerprint density at radius 1 is 1.33 bits per heavy atom. The van der Waals surface area contributed by atoms with Gasteiger partial charge in [-0.3, -0.25) is 4.79 Å². The summed E-state index contributed by atoms with van der Waals surface area (Å²) in [6, 6.07) is 3.18. The molecule has 0 aliphatic rings. The van der Waals surface area contributed by atoms with Crippen molar-refractivity contribution < 1.29 is 22.7 Å². The van der Waals surface area contributed by atoms with Gasteiger partial charge >= 0.3 is 6.18 Å². The van der Waals surface area contributed by atoms with Gasteiger partial charge in [-0.15, -0.1) is 0 Å². The van der Waals surface area contributed by atoms with E-state index in [1.54, 1.807) is 0 Å². The molecule has 0 radical (unpaired) electrons. The van der Waals surface area contributed by atoms with E-state index in [0.717, 1.165) is 12.1 Å². The number of nitrogens with one attached hydrogen (secondary N) is 1. The number of hydrogen-bond acceptors (Lipinski definition) is 3. The molecule has 0 saturated heterocycles. The number of hydrogen-bond donors (Lipinski definition) is 2. The second-order valence-electron chi connectivity index (χ2n) is 5.33. The van der Waals surface area contributed by atoms with E-state index in [4.69, 9.17) is 10.5 Å². The van der Waals surface area contributed by atoms with Crippen LogP contribution < -0.4 is 15.8 Å². The van der Waals surface area contributed by atoms with Crippen LogP contribution in [-0.4, -0.2) is 18.1 Å². The van der Waals surface area contributed by atoms with Gasteiger partial charge in [0.15, 0.2) is 6.61 Å². The molecule has 0 aliphatic carbocycles. The summed E-state index contributed by atoms with van der Waals surface area (Å²) in [4.78, 5) is 11.7. The zero-order valence-electron chi connectivity index (χ0n) is 12.2. The van der Waals surface area contributed by atoms with Gasteiger partial charge in [-0.2, -0.15) is 13.2 Å². The lowest BCUT2D eigenvalue weighted by atomic mass is 10.0. The van der Waals surface area contributed by atoms with Crippen molar-refractivity contribution in [2.45, 2.75) is 38.9 Å². The van der Waals surface area contributed by atoms with Crippen molar-refractivity contribution in [2.24, 2.45) is 0 Å². The van der Waals surface area contributed by atoms with Crippen LogP contribution in [-0.2, 0) is 11.0 Å². The Bertz CT molecular complexity index is 513. The highest BCUT2D eigenvalue weighted by Gasteiger charge is 2.34. The lowest BCUT2D eigenvalue weighted by Gasteiger charge is -2.24. The number of alkyl halides is 3. The third kappa shape index (κ3) is 5.17. The van der Waals surface area contributed by atoms with Crippen LogP contribution in [0.1, 0.15) is 32.8 Å². The molecule has 1 aromatic rings. The number of amides is 1. The van der Waals surface area contributed by atoms with Gasteiger partial charge in [0.05, 0.1) is 5.56 Å². The fourth-order valence-corrected chi connectivity index (χ4v) is 1.54. The van der Waals surface area contributed by atoms with Crippen LogP contribution in [0.5, 0.6) is 5.75 Å². The van der Waals surface area contributed by atoms with Crippen molar-refractivity contribution >= 4 is 11.6 Å². The van der Waals surface area contributed by atoms with Crippen LogP contribution in [0.4, 0.5) is 18.9 Å². The number of nitrogen functional groups attached to an aromatic ring is 1. The average molecular weight is 304 g/mol. The molecule has 1 rings (SSSR count). The Hall–Kier alpha value is -1.92. The van der Waals surface area contributed by atoms with Crippen molar-refractivity contribution in [2.75, 3.05) is 12.3 Å². The third-order valence-electron chi connectivity index (χ3n) is 3.03. The number of benzene rings is 1. The first-order valence-electron chi connectivity index (χ1n) is 6.45. The van der Waals surface area contributed by atoms with Crippen LogP contribution in [0.3, 0.4) is 0 Å². The Morgan fingerprint density at radius 2 is 1.95 bits per heavy atom. The van der Waals surface area contributed by atoms with Crippen molar-refractivity contribution in [3.63, 3.8) is 0 Å². The van der Waals surface area contributed by atoms with Crippen LogP contribution in [0.2, 0.25) is 0 Å². The van der Waals surface area contributed by atoms with Crippen LogP contribution in [0.25, 0.3) is 0 Å². The molecule has 3 N–H and O–H groups in total. The summed E-state index contributed by atoms with van der Waals surface area (Å²) in [5.74, 6) is -0.895. The minimum absolute atomic E-state index is 0.0220. The third-order valence-corrected chi connectivity index (χ3v) is 3.03. The van der Waals surface area contributed by atoms with E-state index in [2.05, 4.69) is 5.32 Å². The SMILES string of the molecule is CCC(C)(C)NC(=O)COc1ccc(N)cc1C(F)(F)F. The summed E-state index contributed by atoms with van der Waals surface area (Å²) in [5, 5.41) is 2.68. The number of nitrogens with two attached hydrogens (primary N) is 1. The molecule has 1 aromatic carbocycles. The molecule has 4 nitrogen and oxygen atoms in total. The molecule has 7 heteroatoms. The summed E-state index contributed by atoms with van der Waals surface area (Å²) in [6.07, 6.45) is -3.90. The smallest absolute Gasteiger partial charge is 0.420 e. The Balaban J connectivity index is 2.79. The molecule has 0 saturated carbocycles. The average Bonchev–Trinajstić information content (AvgIpc) is 2.35. The van der Waals surface area contributed by atoms with Gasteiger partial charge in [0.25, 0.3) is 5.91 Å². The molecule has 0 heterocycles. The number of halogens is 3. The maximum absolute atomic E-state index is 12.8. The van der Waals surface area contributed by atoms with Gasteiger partial charge < -0.3 is 15.8 Å². The zero-order chi connectivity index (χ0) is 16.3. The molecular formula is C14H19F3N2O2. The molecule has 0 aliphatic heterocycles. The van der Waals surface area contributed by atoms with Crippen LogP contribution in [0.15, 0.2) is 18.2 Å². The van der Waals surface area contributed by atoms with Gasteiger partial charge in [-0.1, -0.05) is 6.92 Å². The first-order valence-corrected chi connectivity index (χ1v) is 6.45. The number of carbonyl (C=O) groups is 1. The van der Waals surface area contributed by atoms with Gasteiger partial charge in [0, 0.05) is 11.2 Å². The number of ether oxygens (including phenoxy) is 1. The lowest BCUT2D eigenvalue weighted by Crippen LogP contribution is -2.45. The minimum Gasteiger partial charge on any atom is -0.483 e. The maximum Gasteiger partial charge on any atom is 0.420 e. The summed E-state index contributed by atoms with van der Waals surface area (Å²) in [7, 11) is 0. The molecule has 0 bridgehead atoms. The second-order valence-corrected chi connectivity index (χ2v) is 5.33. The summed E-state index contributed by atoms with van der Waals surface area (Å²) < 4.78 is 43.5. The van der Waals surface area contributed by atoms with E-state index in [1.807, 2.05) is 20.8 Å². The monoisotopic (exact) mass is 304 g/mol. The molecule has 0 unspecified atom stereocenters. The number of rotatable bonds is 5. The van der Waals surface area contributed by atoms with Crippen LogP contribution in [0, 0.1) is 0 Å². The Morgan fingerprint density at radius 3 is 2.48 bits per heavy atom. The fraction of sp³-hybridized carbons (Fsp3) is 0.500. The second kappa shape index (κ2) is 6.24. The van der Waals surface area contributed by atoms with Crippen molar-refractivity contribution in [1.29, 1.82) is 0 Å². The molecule has 0 fully saturated rings. The van der Waals surface area contributed by atoms with Crippen molar-refractivity contribution in [3.8, 4) is 5.75 Å². The lowest BCUT2D eigenvalue weighted by molar-refractivity contribution is -0.139. The molecule has 0 atom stereocenters. The fourth-order valence-electron chi connectivity index (χ4n) is 1.54. The topological polar surface area (TPSA) is 64.3 Å². The highest BCUT2D eigenvalue weighted by Crippen LogP contribution is 2.37. The van der Waals surface area contributed by atoms with Gasteiger partial charge in [-0.05, 0) is 38.5 Å². The Kier molecular flexibility index (Phi) is 5.09. The van der Waals surface area contributed by atoms with Gasteiger partial charge in [0.1, 0.15) is 5.75 Å². The highest BCUT2D eigenvalue weighted by molar-refractivity contribution is 5.78. The Labute approximate surface area is 121 Å². The van der Waals surface area contributed by atoms with Crippen molar-refractivity contribution in [1.82, 2.24) is 5.32 Å². The van der Waals surface area contributed by atoms with Gasteiger partial charge in [-0.25, -0.2) is 0 Å². The summed E-state index contributed by atoms with van der Waals surface area (Å²) >= 11 is 0. The van der Waals surface area contributed by atoms with Crippen LogP contribution >= 0.6 is 0 Å². The molecule has 0 spiro atoms. The quantitative estimate of drug-likeness (QED) is 0.822. The minimum atomic E-state index is -4.59.